The molecule has 0 radical (unpaired) electrons. The van der Waals surface area contributed by atoms with Gasteiger partial charge in [0.2, 0.25) is 15.9 Å². The third kappa shape index (κ3) is 5.75. The SMILES string of the molecule is Cc1ccc(C)c(N(CC(=O)NCCc2cccc(Cl)c2)S(C)(=O)=O)c1. The predicted octanol–water partition coefficient (Wildman–Crippen LogP) is 3.08. The van der Waals surface area contributed by atoms with Gasteiger partial charge in [0.15, 0.2) is 0 Å². The molecule has 0 aromatic heterocycles. The predicted molar refractivity (Wildman–Crippen MR) is 106 cm³/mol. The van der Waals surface area contributed by atoms with Crippen molar-refractivity contribution >= 4 is 33.2 Å². The molecule has 2 rings (SSSR count). The number of sulfonamides is 1. The van der Waals surface area contributed by atoms with Gasteiger partial charge >= 0.3 is 0 Å². The summed E-state index contributed by atoms with van der Waals surface area (Å²) in [5.74, 6) is -0.349. The molecule has 7 heteroatoms. The number of hydrogen-bond acceptors (Lipinski definition) is 3. The van der Waals surface area contributed by atoms with Gasteiger partial charge in [-0.2, -0.15) is 0 Å². The minimum Gasteiger partial charge on any atom is -0.354 e. The zero-order valence-electron chi connectivity index (χ0n) is 15.1. The van der Waals surface area contributed by atoms with E-state index in [-0.39, 0.29) is 12.5 Å². The second kappa shape index (κ2) is 8.56. The van der Waals surface area contributed by atoms with Crippen molar-refractivity contribution in [1.82, 2.24) is 5.32 Å². The highest BCUT2D eigenvalue weighted by Gasteiger charge is 2.22. The Hall–Kier alpha value is -2.05. The molecule has 0 aliphatic rings. The van der Waals surface area contributed by atoms with E-state index < -0.39 is 10.0 Å². The molecule has 5 nitrogen and oxygen atoms in total. The monoisotopic (exact) mass is 394 g/mol. The molecule has 0 atom stereocenters. The fraction of sp³-hybridized carbons (Fsp3) is 0.316. The number of nitrogens with zero attached hydrogens (tertiary/aromatic N) is 1. The largest absolute Gasteiger partial charge is 0.354 e. The zero-order chi connectivity index (χ0) is 19.3. The van der Waals surface area contributed by atoms with Gasteiger partial charge in [-0.05, 0) is 55.2 Å². The first-order valence-electron chi connectivity index (χ1n) is 8.23. The van der Waals surface area contributed by atoms with E-state index in [1.165, 1.54) is 0 Å². The molecule has 140 valence electrons. The van der Waals surface area contributed by atoms with E-state index in [4.69, 9.17) is 11.6 Å². The summed E-state index contributed by atoms with van der Waals surface area (Å²) >= 11 is 5.94. The first-order valence-corrected chi connectivity index (χ1v) is 10.5. The van der Waals surface area contributed by atoms with Crippen LogP contribution in [0, 0.1) is 13.8 Å². The minimum atomic E-state index is -3.58. The lowest BCUT2D eigenvalue weighted by Gasteiger charge is -2.24. The van der Waals surface area contributed by atoms with Crippen LogP contribution in [0.1, 0.15) is 16.7 Å². The van der Waals surface area contributed by atoms with Crippen molar-refractivity contribution in [2.45, 2.75) is 20.3 Å². The molecule has 0 heterocycles. The summed E-state index contributed by atoms with van der Waals surface area (Å²) in [5.41, 5.74) is 3.26. The lowest BCUT2D eigenvalue weighted by Crippen LogP contribution is -2.41. The number of halogens is 1. The van der Waals surface area contributed by atoms with Gasteiger partial charge in [-0.3, -0.25) is 9.10 Å². The van der Waals surface area contributed by atoms with Crippen LogP contribution in [-0.2, 0) is 21.2 Å². The van der Waals surface area contributed by atoms with E-state index in [2.05, 4.69) is 5.32 Å². The molecule has 0 fully saturated rings. The standard InChI is InChI=1S/C19H23ClN2O3S/c1-14-7-8-15(2)18(11-14)22(26(3,24)25)13-19(23)21-10-9-16-5-4-6-17(20)12-16/h4-8,11-12H,9-10,13H2,1-3H3,(H,21,23). The van der Waals surface area contributed by atoms with Gasteiger partial charge in [0.05, 0.1) is 11.9 Å². The molecule has 0 bridgehead atoms. The summed E-state index contributed by atoms with van der Waals surface area (Å²) in [5, 5.41) is 3.41. The molecular weight excluding hydrogens is 372 g/mol. The van der Waals surface area contributed by atoms with Crippen molar-refractivity contribution in [3.05, 3.63) is 64.2 Å². The summed E-state index contributed by atoms with van der Waals surface area (Å²) in [6, 6.07) is 12.9. The summed E-state index contributed by atoms with van der Waals surface area (Å²) in [4.78, 5) is 12.3. The minimum absolute atomic E-state index is 0.251. The number of carbonyl (C=O) groups excluding carboxylic acids is 1. The van der Waals surface area contributed by atoms with Crippen molar-refractivity contribution in [1.29, 1.82) is 0 Å². The van der Waals surface area contributed by atoms with Crippen LogP contribution in [0.5, 0.6) is 0 Å². The van der Waals surface area contributed by atoms with E-state index in [1.54, 1.807) is 12.1 Å². The molecule has 0 spiro atoms. The molecule has 2 aromatic carbocycles. The number of rotatable bonds is 7. The normalized spacial score (nSPS) is 11.2. The van der Waals surface area contributed by atoms with E-state index in [9.17, 15) is 13.2 Å². The maximum Gasteiger partial charge on any atom is 0.240 e. The van der Waals surface area contributed by atoms with Crippen molar-refractivity contribution < 1.29 is 13.2 Å². The highest BCUT2D eigenvalue weighted by molar-refractivity contribution is 7.92. The van der Waals surface area contributed by atoms with Gasteiger partial charge < -0.3 is 5.32 Å². The number of carbonyl (C=O) groups is 1. The molecule has 2 aromatic rings. The molecule has 1 N–H and O–H groups in total. The molecule has 1 amide bonds. The van der Waals surface area contributed by atoms with E-state index in [1.807, 2.05) is 44.2 Å². The quantitative estimate of drug-likeness (QED) is 0.784. The van der Waals surface area contributed by atoms with Crippen LogP contribution in [0.3, 0.4) is 0 Å². The number of amides is 1. The third-order valence-electron chi connectivity index (χ3n) is 3.95. The van der Waals surface area contributed by atoms with E-state index >= 15 is 0 Å². The fourth-order valence-corrected chi connectivity index (χ4v) is 3.71. The van der Waals surface area contributed by atoms with Crippen LogP contribution in [0.15, 0.2) is 42.5 Å². The number of benzene rings is 2. The lowest BCUT2D eigenvalue weighted by atomic mass is 10.1. The fourth-order valence-electron chi connectivity index (χ4n) is 2.59. The summed E-state index contributed by atoms with van der Waals surface area (Å²) in [6.07, 6.45) is 1.72. The maximum absolute atomic E-state index is 12.3. The van der Waals surface area contributed by atoms with Crippen molar-refractivity contribution in [2.24, 2.45) is 0 Å². The second-order valence-electron chi connectivity index (χ2n) is 6.29. The van der Waals surface area contributed by atoms with Gasteiger partial charge in [-0.25, -0.2) is 8.42 Å². The average molecular weight is 395 g/mol. The average Bonchev–Trinajstić information content (AvgIpc) is 2.54. The highest BCUT2D eigenvalue weighted by atomic mass is 35.5. The Morgan fingerprint density at radius 1 is 1.15 bits per heavy atom. The van der Waals surface area contributed by atoms with E-state index in [0.717, 1.165) is 27.3 Å². The molecular formula is C19H23ClN2O3S. The van der Waals surface area contributed by atoms with Crippen molar-refractivity contribution in [2.75, 3.05) is 23.7 Å². The van der Waals surface area contributed by atoms with Gasteiger partial charge in [0, 0.05) is 11.6 Å². The molecule has 0 saturated heterocycles. The van der Waals surface area contributed by atoms with Gasteiger partial charge in [0.1, 0.15) is 6.54 Å². The second-order valence-corrected chi connectivity index (χ2v) is 8.63. The zero-order valence-corrected chi connectivity index (χ0v) is 16.7. The number of hydrogen-bond donors (Lipinski definition) is 1. The summed E-state index contributed by atoms with van der Waals surface area (Å²) in [6.45, 7) is 3.86. The maximum atomic E-state index is 12.3. The Labute approximate surface area is 160 Å². The lowest BCUT2D eigenvalue weighted by molar-refractivity contribution is -0.119. The summed E-state index contributed by atoms with van der Waals surface area (Å²) in [7, 11) is -3.58. The highest BCUT2D eigenvalue weighted by Crippen LogP contribution is 2.23. The Morgan fingerprint density at radius 2 is 1.88 bits per heavy atom. The third-order valence-corrected chi connectivity index (χ3v) is 5.31. The van der Waals surface area contributed by atoms with Gasteiger partial charge in [0.25, 0.3) is 0 Å². The van der Waals surface area contributed by atoms with Crippen molar-refractivity contribution in [3.8, 4) is 0 Å². The first kappa shape index (κ1) is 20.3. The summed E-state index contributed by atoms with van der Waals surface area (Å²) < 4.78 is 25.5. The van der Waals surface area contributed by atoms with Gasteiger partial charge in [-0.1, -0.05) is 35.9 Å². The van der Waals surface area contributed by atoms with Crippen LogP contribution in [0.2, 0.25) is 5.02 Å². The molecule has 0 aliphatic carbocycles. The molecule has 0 saturated carbocycles. The van der Waals surface area contributed by atoms with Crippen LogP contribution in [-0.4, -0.2) is 33.7 Å². The van der Waals surface area contributed by atoms with Crippen LogP contribution >= 0.6 is 11.6 Å². The number of nitrogens with one attached hydrogen (secondary N) is 1. The van der Waals surface area contributed by atoms with E-state index in [0.29, 0.717) is 23.7 Å². The Bertz CT molecular complexity index is 897. The smallest absolute Gasteiger partial charge is 0.240 e. The number of aryl methyl sites for hydroxylation is 2. The Morgan fingerprint density at radius 3 is 2.54 bits per heavy atom. The molecule has 0 aliphatic heterocycles. The van der Waals surface area contributed by atoms with Crippen LogP contribution in [0.25, 0.3) is 0 Å². The van der Waals surface area contributed by atoms with Crippen molar-refractivity contribution in [3.63, 3.8) is 0 Å². The topological polar surface area (TPSA) is 66.5 Å². The van der Waals surface area contributed by atoms with Crippen LogP contribution < -0.4 is 9.62 Å². The Kier molecular flexibility index (Phi) is 6.67. The van der Waals surface area contributed by atoms with Crippen LogP contribution in [0.4, 0.5) is 5.69 Å². The van der Waals surface area contributed by atoms with Gasteiger partial charge in [-0.15, -0.1) is 0 Å². The Balaban J connectivity index is 2.04. The number of anilines is 1. The first-order chi connectivity index (χ1) is 12.2. The molecule has 0 unspecified atom stereocenters. The molecule has 26 heavy (non-hydrogen) atoms.